The molecule has 1 fully saturated rings. The SMILES string of the molecule is Nc1nc(C(=NOC2C=CCC2)C(=O)NC2C(=O)N3C(C(=O)O)=C(CSc4nncs4)CS[C@@H]23)ns1. The Hall–Kier alpha value is -3.02. The van der Waals surface area contributed by atoms with Gasteiger partial charge in [0.25, 0.3) is 11.8 Å². The number of aliphatic carboxylic acids is 1. The van der Waals surface area contributed by atoms with E-state index in [2.05, 4.69) is 30.0 Å². The van der Waals surface area contributed by atoms with E-state index in [1.54, 1.807) is 5.51 Å². The van der Waals surface area contributed by atoms with Gasteiger partial charge in [0.15, 0.2) is 9.47 Å². The summed E-state index contributed by atoms with van der Waals surface area (Å²) in [5.74, 6) is -1.71. The highest BCUT2D eigenvalue weighted by Crippen LogP contribution is 2.41. The van der Waals surface area contributed by atoms with Crippen molar-refractivity contribution < 1.29 is 24.3 Å². The molecule has 2 amide bonds. The summed E-state index contributed by atoms with van der Waals surface area (Å²) < 4.78 is 4.75. The summed E-state index contributed by atoms with van der Waals surface area (Å²) in [7, 11) is 0. The number of aromatic nitrogens is 4. The fourth-order valence-corrected chi connectivity index (χ4v) is 7.11. The topological polar surface area (TPSA) is 186 Å². The van der Waals surface area contributed by atoms with Gasteiger partial charge < -0.3 is 21.0 Å². The molecule has 36 heavy (non-hydrogen) atoms. The molecule has 17 heteroatoms. The first-order valence-corrected chi connectivity index (χ1v) is 14.2. The van der Waals surface area contributed by atoms with Gasteiger partial charge in [0.1, 0.15) is 28.7 Å². The number of carbonyl (C=O) groups is 3. The molecule has 0 spiro atoms. The maximum absolute atomic E-state index is 13.1. The van der Waals surface area contributed by atoms with Crippen LogP contribution in [0.5, 0.6) is 0 Å². The predicted octanol–water partition coefficient (Wildman–Crippen LogP) is 0.942. The van der Waals surface area contributed by atoms with Crippen LogP contribution in [0.1, 0.15) is 18.7 Å². The fraction of sp³-hybridized carbons (Fsp3) is 0.368. The second-order valence-electron chi connectivity index (χ2n) is 7.66. The molecule has 4 N–H and O–H groups in total. The van der Waals surface area contributed by atoms with E-state index in [1.165, 1.54) is 39.8 Å². The van der Waals surface area contributed by atoms with Gasteiger partial charge in [-0.3, -0.25) is 14.5 Å². The van der Waals surface area contributed by atoms with E-state index in [1.807, 2.05) is 12.2 Å². The van der Waals surface area contributed by atoms with Crippen molar-refractivity contribution in [1.82, 2.24) is 29.8 Å². The molecule has 0 saturated carbocycles. The molecule has 2 aliphatic heterocycles. The standard InChI is InChI=1S/C19H18N8O5S4/c20-18-23-13(26-36-18)10(25-32-9-3-1-2-4-9)14(28)22-11-15(29)27-12(17(30)31)8(5-33-16(11)27)6-34-19-24-21-7-35-19/h1,3,7,9,11,16H,2,4-6H2,(H,22,28)(H,30,31)(H2,20,23,26)/t9?,11?,16-/m0/s1. The number of carboxylic acids is 1. The third-order valence-corrected chi connectivity index (χ3v) is 9.19. The molecule has 2 aromatic rings. The number of allylic oxidation sites excluding steroid dienone is 1. The summed E-state index contributed by atoms with van der Waals surface area (Å²) in [6.45, 7) is 0. The first kappa shape index (κ1) is 24.7. The number of hydrogen-bond donors (Lipinski definition) is 3. The molecule has 4 heterocycles. The number of fused-ring (bicyclic) bond motifs is 1. The lowest BCUT2D eigenvalue weighted by atomic mass is 10.0. The zero-order valence-corrected chi connectivity index (χ0v) is 21.5. The highest BCUT2D eigenvalue weighted by atomic mass is 32.2. The number of anilines is 1. The average Bonchev–Trinajstić information content (AvgIpc) is 3.64. The number of nitrogens with one attached hydrogen (secondary N) is 1. The number of hydrogen-bond acceptors (Lipinski definition) is 14. The Morgan fingerprint density at radius 2 is 2.28 bits per heavy atom. The van der Waals surface area contributed by atoms with Gasteiger partial charge >= 0.3 is 5.97 Å². The molecule has 0 aromatic carbocycles. The molecule has 2 unspecified atom stereocenters. The second kappa shape index (κ2) is 10.5. The van der Waals surface area contributed by atoms with Gasteiger partial charge in [-0.05, 0) is 24.5 Å². The number of oxime groups is 1. The van der Waals surface area contributed by atoms with Crippen LogP contribution in [-0.2, 0) is 19.2 Å². The molecule has 2 aromatic heterocycles. The minimum atomic E-state index is -1.20. The van der Waals surface area contributed by atoms with Crippen LogP contribution in [0.15, 0.2) is 38.4 Å². The summed E-state index contributed by atoms with van der Waals surface area (Å²) >= 11 is 4.98. The maximum Gasteiger partial charge on any atom is 0.352 e. The van der Waals surface area contributed by atoms with Crippen LogP contribution in [0, 0.1) is 0 Å². The van der Waals surface area contributed by atoms with Gasteiger partial charge in [-0.2, -0.15) is 9.36 Å². The number of nitrogens with zero attached hydrogens (tertiary/aromatic N) is 6. The quantitative estimate of drug-likeness (QED) is 0.128. The van der Waals surface area contributed by atoms with Crippen molar-refractivity contribution in [2.24, 2.45) is 5.16 Å². The van der Waals surface area contributed by atoms with Crippen molar-refractivity contribution >= 4 is 75.0 Å². The lowest BCUT2D eigenvalue weighted by molar-refractivity contribution is -0.150. The van der Waals surface area contributed by atoms with Gasteiger partial charge in [0.05, 0.1) is 0 Å². The van der Waals surface area contributed by atoms with E-state index in [9.17, 15) is 19.5 Å². The van der Waals surface area contributed by atoms with Crippen molar-refractivity contribution in [3.63, 3.8) is 0 Å². The molecule has 1 aliphatic carbocycles. The van der Waals surface area contributed by atoms with Crippen LogP contribution >= 0.6 is 46.4 Å². The van der Waals surface area contributed by atoms with E-state index in [-0.39, 0.29) is 28.5 Å². The van der Waals surface area contributed by atoms with E-state index in [4.69, 9.17) is 10.6 Å². The Labute approximate surface area is 220 Å². The molecule has 5 rings (SSSR count). The van der Waals surface area contributed by atoms with Gasteiger partial charge in [-0.1, -0.05) is 34.3 Å². The number of carbonyl (C=O) groups excluding carboxylic acids is 2. The number of carboxylic acid groups (broad SMARTS) is 1. The van der Waals surface area contributed by atoms with Crippen LogP contribution < -0.4 is 11.1 Å². The Balaban J connectivity index is 1.31. The normalized spacial score (nSPS) is 23.4. The first-order chi connectivity index (χ1) is 17.4. The van der Waals surface area contributed by atoms with Crippen molar-refractivity contribution in [3.8, 4) is 0 Å². The van der Waals surface area contributed by atoms with Crippen LogP contribution in [0.25, 0.3) is 0 Å². The number of β-lactam (4-membered cyclic amide) rings is 1. The van der Waals surface area contributed by atoms with Crippen LogP contribution in [0.3, 0.4) is 0 Å². The number of nitrogens with two attached hydrogens (primary N) is 1. The van der Waals surface area contributed by atoms with Crippen LogP contribution in [-0.4, -0.2) is 82.1 Å². The Bertz CT molecular complexity index is 1280. The number of amides is 2. The highest BCUT2D eigenvalue weighted by Gasteiger charge is 2.54. The largest absolute Gasteiger partial charge is 0.477 e. The summed E-state index contributed by atoms with van der Waals surface area (Å²) in [6, 6.07) is -0.943. The number of nitrogen functional groups attached to an aromatic ring is 1. The minimum Gasteiger partial charge on any atom is -0.477 e. The van der Waals surface area contributed by atoms with Gasteiger partial charge in [0, 0.05) is 23.0 Å². The third-order valence-electron chi connectivity index (χ3n) is 5.36. The first-order valence-electron chi connectivity index (χ1n) is 10.5. The van der Waals surface area contributed by atoms with Crippen molar-refractivity contribution in [1.29, 1.82) is 0 Å². The maximum atomic E-state index is 13.1. The zero-order valence-electron chi connectivity index (χ0n) is 18.3. The van der Waals surface area contributed by atoms with Crippen LogP contribution in [0.2, 0.25) is 0 Å². The fourth-order valence-electron chi connectivity index (χ4n) is 3.71. The molecule has 3 atom stereocenters. The van der Waals surface area contributed by atoms with Crippen molar-refractivity contribution in [2.75, 3.05) is 17.2 Å². The smallest absolute Gasteiger partial charge is 0.352 e. The highest BCUT2D eigenvalue weighted by molar-refractivity contribution is 8.01. The van der Waals surface area contributed by atoms with Gasteiger partial charge in [-0.25, -0.2) is 4.79 Å². The Morgan fingerprint density at radius 1 is 1.42 bits per heavy atom. The Morgan fingerprint density at radius 3 is 2.94 bits per heavy atom. The van der Waals surface area contributed by atoms with E-state index >= 15 is 0 Å². The summed E-state index contributed by atoms with van der Waals surface area (Å²) in [5, 5.41) is 23.7. The van der Waals surface area contributed by atoms with Crippen LogP contribution in [0.4, 0.5) is 5.13 Å². The number of rotatable bonds is 9. The zero-order chi connectivity index (χ0) is 25.2. The van der Waals surface area contributed by atoms with Crippen molar-refractivity contribution in [2.45, 2.75) is 34.7 Å². The van der Waals surface area contributed by atoms with Gasteiger partial charge in [-0.15, -0.1) is 22.0 Å². The molecule has 188 valence electrons. The lowest BCUT2D eigenvalue weighted by Gasteiger charge is -2.49. The Kier molecular flexibility index (Phi) is 7.22. The number of thioether (sulfide) groups is 2. The van der Waals surface area contributed by atoms with E-state index < -0.39 is 29.2 Å². The third kappa shape index (κ3) is 4.95. The molecule has 0 bridgehead atoms. The van der Waals surface area contributed by atoms with Crippen molar-refractivity contribution in [3.05, 3.63) is 34.8 Å². The molecule has 13 nitrogen and oxygen atoms in total. The van der Waals surface area contributed by atoms with E-state index in [0.717, 1.165) is 24.4 Å². The molecular formula is C19H18N8O5S4. The van der Waals surface area contributed by atoms with E-state index in [0.29, 0.717) is 21.4 Å². The molecular weight excluding hydrogens is 549 g/mol. The molecule has 0 radical (unpaired) electrons. The predicted molar refractivity (Wildman–Crippen MR) is 134 cm³/mol. The lowest BCUT2D eigenvalue weighted by Crippen LogP contribution is -2.71. The molecule has 1 saturated heterocycles. The minimum absolute atomic E-state index is 0.0148. The summed E-state index contributed by atoms with van der Waals surface area (Å²) in [5.41, 5.74) is 7.59. The summed E-state index contributed by atoms with van der Waals surface area (Å²) in [6.07, 6.45) is 5.08. The summed E-state index contributed by atoms with van der Waals surface area (Å²) in [4.78, 5) is 48.9. The second-order valence-corrected chi connectivity index (χ2v) is 11.6. The monoisotopic (exact) mass is 566 g/mol. The molecule has 3 aliphatic rings. The average molecular weight is 567 g/mol. The van der Waals surface area contributed by atoms with Gasteiger partial charge in [0.2, 0.25) is 11.5 Å².